The normalized spacial score (nSPS) is 20.7. The SMILES string of the molecule is CC(C)c1nc(CN2CCCC2c2cccc3c2OCCO3)no1. The van der Waals surface area contributed by atoms with Gasteiger partial charge in [-0.15, -0.1) is 0 Å². The van der Waals surface area contributed by atoms with Gasteiger partial charge in [0, 0.05) is 17.5 Å². The molecular weight excluding hydrogens is 306 g/mol. The Morgan fingerprint density at radius 2 is 2.12 bits per heavy atom. The van der Waals surface area contributed by atoms with Crippen molar-refractivity contribution in [1.82, 2.24) is 15.0 Å². The van der Waals surface area contributed by atoms with Crippen LogP contribution in [-0.4, -0.2) is 34.8 Å². The van der Waals surface area contributed by atoms with Crippen LogP contribution in [-0.2, 0) is 6.54 Å². The molecule has 6 heteroatoms. The fraction of sp³-hybridized carbons (Fsp3) is 0.556. The minimum Gasteiger partial charge on any atom is -0.486 e. The van der Waals surface area contributed by atoms with Crippen LogP contribution in [0.15, 0.2) is 22.7 Å². The van der Waals surface area contributed by atoms with Gasteiger partial charge < -0.3 is 14.0 Å². The Morgan fingerprint density at radius 1 is 1.25 bits per heavy atom. The summed E-state index contributed by atoms with van der Waals surface area (Å²) in [4.78, 5) is 6.92. The molecule has 0 saturated carbocycles. The standard InChI is InChI=1S/C18H23N3O3/c1-12(2)18-19-16(20-24-18)11-21-8-4-6-14(21)13-5-3-7-15-17(13)23-10-9-22-15/h3,5,7,12,14H,4,6,8-11H2,1-2H3. The number of para-hydroxylation sites is 1. The molecule has 0 radical (unpaired) electrons. The fourth-order valence-corrected chi connectivity index (χ4v) is 3.47. The van der Waals surface area contributed by atoms with Crippen molar-refractivity contribution in [2.24, 2.45) is 0 Å². The number of nitrogens with zero attached hydrogens (tertiary/aromatic N) is 3. The number of aromatic nitrogens is 2. The summed E-state index contributed by atoms with van der Waals surface area (Å²) in [6.45, 7) is 7.07. The first-order valence-electron chi connectivity index (χ1n) is 8.67. The Kier molecular flexibility index (Phi) is 4.14. The zero-order valence-electron chi connectivity index (χ0n) is 14.2. The van der Waals surface area contributed by atoms with E-state index in [0.717, 1.165) is 36.7 Å². The van der Waals surface area contributed by atoms with Gasteiger partial charge >= 0.3 is 0 Å². The van der Waals surface area contributed by atoms with Crippen LogP contribution < -0.4 is 9.47 Å². The summed E-state index contributed by atoms with van der Waals surface area (Å²) in [5.74, 6) is 3.47. The summed E-state index contributed by atoms with van der Waals surface area (Å²) >= 11 is 0. The second-order valence-corrected chi connectivity index (χ2v) is 6.70. The lowest BCUT2D eigenvalue weighted by atomic mass is 10.0. The van der Waals surface area contributed by atoms with Crippen molar-refractivity contribution in [2.75, 3.05) is 19.8 Å². The highest BCUT2D eigenvalue weighted by Crippen LogP contribution is 2.43. The topological polar surface area (TPSA) is 60.6 Å². The van der Waals surface area contributed by atoms with E-state index < -0.39 is 0 Å². The first-order chi connectivity index (χ1) is 11.7. The highest BCUT2D eigenvalue weighted by atomic mass is 16.6. The van der Waals surface area contributed by atoms with E-state index in [9.17, 15) is 0 Å². The Bertz CT molecular complexity index is 713. The molecule has 0 aliphatic carbocycles. The molecule has 2 aliphatic rings. The van der Waals surface area contributed by atoms with E-state index in [4.69, 9.17) is 14.0 Å². The van der Waals surface area contributed by atoms with Crippen LogP contribution in [0.3, 0.4) is 0 Å². The molecule has 4 rings (SSSR count). The molecule has 1 unspecified atom stereocenters. The Hall–Kier alpha value is -2.08. The molecule has 2 aliphatic heterocycles. The molecular formula is C18H23N3O3. The van der Waals surface area contributed by atoms with E-state index in [1.54, 1.807) is 0 Å². The minimum atomic E-state index is 0.257. The Labute approximate surface area is 141 Å². The van der Waals surface area contributed by atoms with Crippen molar-refractivity contribution >= 4 is 0 Å². The molecule has 0 N–H and O–H groups in total. The largest absolute Gasteiger partial charge is 0.486 e. The van der Waals surface area contributed by atoms with Crippen LogP contribution in [0.4, 0.5) is 0 Å². The van der Waals surface area contributed by atoms with Crippen molar-refractivity contribution in [1.29, 1.82) is 0 Å². The second-order valence-electron chi connectivity index (χ2n) is 6.70. The van der Waals surface area contributed by atoms with Gasteiger partial charge in [-0.25, -0.2) is 0 Å². The predicted molar refractivity (Wildman–Crippen MR) is 88.2 cm³/mol. The van der Waals surface area contributed by atoms with Gasteiger partial charge in [0.2, 0.25) is 5.89 Å². The maximum absolute atomic E-state index is 5.90. The summed E-state index contributed by atoms with van der Waals surface area (Å²) in [5.41, 5.74) is 1.21. The number of rotatable bonds is 4. The lowest BCUT2D eigenvalue weighted by Crippen LogP contribution is -2.25. The van der Waals surface area contributed by atoms with Gasteiger partial charge in [0.15, 0.2) is 17.3 Å². The Morgan fingerprint density at radius 3 is 2.96 bits per heavy atom. The van der Waals surface area contributed by atoms with Crippen LogP contribution >= 0.6 is 0 Å². The average molecular weight is 329 g/mol. The van der Waals surface area contributed by atoms with Crippen LogP contribution in [0, 0.1) is 0 Å². The lowest BCUT2D eigenvalue weighted by Gasteiger charge is -2.28. The molecule has 1 aromatic heterocycles. The van der Waals surface area contributed by atoms with E-state index in [1.807, 2.05) is 12.1 Å². The molecule has 128 valence electrons. The first-order valence-corrected chi connectivity index (χ1v) is 8.67. The van der Waals surface area contributed by atoms with Crippen LogP contribution in [0.1, 0.15) is 55.9 Å². The molecule has 0 spiro atoms. The third-order valence-corrected chi connectivity index (χ3v) is 4.64. The summed E-state index contributed by atoms with van der Waals surface area (Å²) in [7, 11) is 0. The van der Waals surface area contributed by atoms with Gasteiger partial charge in [-0.2, -0.15) is 4.98 Å². The Balaban J connectivity index is 1.57. The molecule has 24 heavy (non-hydrogen) atoms. The monoisotopic (exact) mass is 329 g/mol. The van der Waals surface area contributed by atoms with Gasteiger partial charge in [0.25, 0.3) is 0 Å². The van der Waals surface area contributed by atoms with Gasteiger partial charge in [0.1, 0.15) is 13.2 Å². The number of benzene rings is 1. The maximum Gasteiger partial charge on any atom is 0.229 e. The molecule has 3 heterocycles. The second kappa shape index (κ2) is 6.43. The zero-order chi connectivity index (χ0) is 16.5. The molecule has 0 amide bonds. The molecule has 1 fully saturated rings. The molecule has 2 aromatic rings. The average Bonchev–Trinajstić information content (AvgIpc) is 3.24. The summed E-state index contributed by atoms with van der Waals surface area (Å²) in [6, 6.07) is 6.48. The van der Waals surface area contributed by atoms with E-state index in [2.05, 4.69) is 35.0 Å². The summed E-state index contributed by atoms with van der Waals surface area (Å²) < 4.78 is 17.0. The van der Waals surface area contributed by atoms with Gasteiger partial charge in [-0.1, -0.05) is 31.1 Å². The number of likely N-dealkylation sites (tertiary alicyclic amines) is 1. The summed E-state index contributed by atoms with van der Waals surface area (Å²) in [5, 5.41) is 4.13. The third-order valence-electron chi connectivity index (χ3n) is 4.64. The predicted octanol–water partition coefficient (Wildman–Crippen LogP) is 3.30. The van der Waals surface area contributed by atoms with E-state index in [0.29, 0.717) is 31.7 Å². The van der Waals surface area contributed by atoms with E-state index in [1.165, 1.54) is 5.56 Å². The number of hydrogen-bond donors (Lipinski definition) is 0. The van der Waals surface area contributed by atoms with Gasteiger partial charge in [-0.3, -0.25) is 4.90 Å². The van der Waals surface area contributed by atoms with Crippen LogP contribution in [0.5, 0.6) is 11.5 Å². The molecule has 1 aromatic carbocycles. The van der Waals surface area contributed by atoms with E-state index in [-0.39, 0.29) is 5.92 Å². The van der Waals surface area contributed by atoms with Gasteiger partial charge in [-0.05, 0) is 25.5 Å². The van der Waals surface area contributed by atoms with E-state index >= 15 is 0 Å². The van der Waals surface area contributed by atoms with Crippen LogP contribution in [0.2, 0.25) is 0 Å². The van der Waals surface area contributed by atoms with Crippen molar-refractivity contribution < 1.29 is 14.0 Å². The fourth-order valence-electron chi connectivity index (χ4n) is 3.47. The minimum absolute atomic E-state index is 0.257. The third kappa shape index (κ3) is 2.86. The quantitative estimate of drug-likeness (QED) is 0.858. The van der Waals surface area contributed by atoms with Gasteiger partial charge in [0.05, 0.1) is 6.54 Å². The zero-order valence-corrected chi connectivity index (χ0v) is 14.2. The van der Waals surface area contributed by atoms with Crippen molar-refractivity contribution in [3.63, 3.8) is 0 Å². The highest BCUT2D eigenvalue weighted by molar-refractivity contribution is 5.49. The number of fused-ring (bicyclic) bond motifs is 1. The first kappa shape index (κ1) is 15.4. The van der Waals surface area contributed by atoms with Crippen molar-refractivity contribution in [2.45, 2.75) is 45.2 Å². The molecule has 1 saturated heterocycles. The molecule has 0 bridgehead atoms. The van der Waals surface area contributed by atoms with Crippen molar-refractivity contribution in [3.8, 4) is 11.5 Å². The maximum atomic E-state index is 5.90. The summed E-state index contributed by atoms with van der Waals surface area (Å²) in [6.07, 6.45) is 2.26. The molecule has 1 atom stereocenters. The number of ether oxygens (including phenoxy) is 2. The smallest absolute Gasteiger partial charge is 0.229 e. The van der Waals surface area contributed by atoms with Crippen LogP contribution in [0.25, 0.3) is 0 Å². The highest BCUT2D eigenvalue weighted by Gasteiger charge is 2.31. The lowest BCUT2D eigenvalue weighted by molar-refractivity contribution is 0.163. The number of hydrogen-bond acceptors (Lipinski definition) is 6. The van der Waals surface area contributed by atoms with Crippen molar-refractivity contribution in [3.05, 3.63) is 35.5 Å². The molecule has 6 nitrogen and oxygen atoms in total.